The van der Waals surface area contributed by atoms with E-state index in [0.717, 1.165) is 19.3 Å². The number of benzene rings is 1. The van der Waals surface area contributed by atoms with Gasteiger partial charge in [-0.25, -0.2) is 0 Å². The fourth-order valence-electron chi connectivity index (χ4n) is 3.51. The Hall–Kier alpha value is -1.55. The molecular formula is C25H39ClO4. The normalized spacial score (nSPS) is 11.3. The van der Waals surface area contributed by atoms with Crippen LogP contribution in [0.2, 0.25) is 5.02 Å². The third-order valence-electron chi connectivity index (χ3n) is 5.74. The first kappa shape index (κ1) is 26.5. The molecule has 0 spiro atoms. The van der Waals surface area contributed by atoms with Gasteiger partial charge in [0.25, 0.3) is 0 Å². The number of hydrogen-bond acceptors (Lipinski definition) is 4. The highest BCUT2D eigenvalue weighted by atomic mass is 35.5. The average molecular weight is 439 g/mol. The molecule has 1 rings (SSSR count). The Labute approximate surface area is 187 Å². The topological polar surface area (TPSA) is 52.6 Å². The molecule has 0 saturated heterocycles. The highest BCUT2D eigenvalue weighted by Crippen LogP contribution is 2.31. The Morgan fingerprint density at radius 3 is 1.77 bits per heavy atom. The van der Waals surface area contributed by atoms with Crippen molar-refractivity contribution in [3.8, 4) is 5.75 Å². The van der Waals surface area contributed by atoms with Crippen LogP contribution in [-0.4, -0.2) is 18.5 Å². The van der Waals surface area contributed by atoms with Gasteiger partial charge in [0.15, 0.2) is 5.41 Å². The largest absolute Gasteiger partial charge is 0.465 e. The van der Waals surface area contributed by atoms with Gasteiger partial charge in [-0.15, -0.1) is 0 Å². The summed E-state index contributed by atoms with van der Waals surface area (Å²) >= 11 is 5.86. The molecule has 0 radical (unpaired) electrons. The lowest BCUT2D eigenvalue weighted by Gasteiger charge is -2.26. The Bertz CT molecular complexity index is 608. The van der Waals surface area contributed by atoms with Crippen molar-refractivity contribution in [1.29, 1.82) is 0 Å². The van der Waals surface area contributed by atoms with Crippen LogP contribution in [0.15, 0.2) is 24.3 Å². The zero-order chi connectivity index (χ0) is 22.2. The first-order chi connectivity index (χ1) is 14.5. The summed E-state index contributed by atoms with van der Waals surface area (Å²) in [4.78, 5) is 25.5. The van der Waals surface area contributed by atoms with E-state index in [1.165, 1.54) is 44.9 Å². The summed E-state index contributed by atoms with van der Waals surface area (Å²) < 4.78 is 10.9. The maximum Gasteiger partial charge on any atom is 0.328 e. The SMILES string of the molecule is CCCCCCCCCCCCOC(=O)C(CC)(CC)C(=O)Oc1ccc(Cl)cc1. The summed E-state index contributed by atoms with van der Waals surface area (Å²) in [5.41, 5.74) is -1.27. The van der Waals surface area contributed by atoms with Crippen LogP contribution in [0.5, 0.6) is 5.75 Å². The molecule has 0 fully saturated rings. The van der Waals surface area contributed by atoms with E-state index in [0.29, 0.717) is 30.2 Å². The van der Waals surface area contributed by atoms with Crippen LogP contribution in [0.3, 0.4) is 0 Å². The molecule has 0 aromatic heterocycles. The van der Waals surface area contributed by atoms with E-state index < -0.39 is 17.4 Å². The van der Waals surface area contributed by atoms with Crippen LogP contribution in [0.25, 0.3) is 0 Å². The number of rotatable bonds is 16. The minimum Gasteiger partial charge on any atom is -0.465 e. The molecule has 0 N–H and O–H groups in total. The number of carbonyl (C=O) groups excluding carboxylic acids is 2. The van der Waals surface area contributed by atoms with Gasteiger partial charge in [0.1, 0.15) is 5.75 Å². The number of esters is 2. The van der Waals surface area contributed by atoms with Gasteiger partial charge in [0.05, 0.1) is 6.61 Å². The fourth-order valence-corrected chi connectivity index (χ4v) is 3.64. The Morgan fingerprint density at radius 2 is 1.27 bits per heavy atom. The maximum atomic E-state index is 12.8. The maximum absolute atomic E-state index is 12.8. The van der Waals surface area contributed by atoms with Gasteiger partial charge in [0, 0.05) is 5.02 Å². The number of unbranched alkanes of at least 4 members (excludes halogenated alkanes) is 9. The molecule has 170 valence electrons. The molecule has 5 heteroatoms. The fraction of sp³-hybridized carbons (Fsp3) is 0.680. The quantitative estimate of drug-likeness (QED) is 0.116. The van der Waals surface area contributed by atoms with E-state index in [1.54, 1.807) is 24.3 Å². The molecule has 1 aromatic rings. The zero-order valence-corrected chi connectivity index (χ0v) is 19.8. The monoisotopic (exact) mass is 438 g/mol. The summed E-state index contributed by atoms with van der Waals surface area (Å²) in [6, 6.07) is 6.53. The second kappa shape index (κ2) is 15.3. The molecule has 0 amide bonds. The predicted molar refractivity (Wildman–Crippen MR) is 123 cm³/mol. The summed E-state index contributed by atoms with van der Waals surface area (Å²) in [6.45, 7) is 6.22. The standard InChI is InChI=1S/C25H39ClO4/c1-4-7-8-9-10-11-12-13-14-15-20-29-23(27)25(5-2,6-3)24(28)30-22-18-16-21(26)17-19-22/h16-19H,4-15,20H2,1-3H3. The van der Waals surface area contributed by atoms with Gasteiger partial charge in [0.2, 0.25) is 0 Å². The summed E-state index contributed by atoms with van der Waals surface area (Å²) in [5.74, 6) is -0.677. The summed E-state index contributed by atoms with van der Waals surface area (Å²) in [5, 5.41) is 0.558. The molecule has 0 unspecified atom stereocenters. The lowest BCUT2D eigenvalue weighted by molar-refractivity contribution is -0.168. The Morgan fingerprint density at radius 1 is 0.767 bits per heavy atom. The van der Waals surface area contributed by atoms with Crippen molar-refractivity contribution >= 4 is 23.5 Å². The predicted octanol–water partition coefficient (Wildman–Crippen LogP) is 7.52. The Balaban J connectivity index is 2.35. The molecule has 1 aromatic carbocycles. The molecule has 4 nitrogen and oxygen atoms in total. The summed E-state index contributed by atoms with van der Waals surface area (Å²) in [7, 11) is 0. The number of carbonyl (C=O) groups is 2. The van der Waals surface area contributed by atoms with Gasteiger partial charge >= 0.3 is 11.9 Å². The molecule has 0 atom stereocenters. The van der Waals surface area contributed by atoms with E-state index in [-0.39, 0.29) is 0 Å². The molecule has 0 aliphatic heterocycles. The van der Waals surface area contributed by atoms with Crippen LogP contribution in [0, 0.1) is 5.41 Å². The lowest BCUT2D eigenvalue weighted by atomic mass is 9.82. The van der Waals surface area contributed by atoms with Crippen molar-refractivity contribution in [3.05, 3.63) is 29.3 Å². The van der Waals surface area contributed by atoms with Crippen molar-refractivity contribution in [2.24, 2.45) is 5.41 Å². The van der Waals surface area contributed by atoms with Gasteiger partial charge in [-0.2, -0.15) is 0 Å². The third kappa shape index (κ3) is 9.07. The van der Waals surface area contributed by atoms with Gasteiger partial charge in [-0.3, -0.25) is 9.59 Å². The average Bonchev–Trinajstić information content (AvgIpc) is 2.75. The first-order valence-corrected chi connectivity index (χ1v) is 12.0. The van der Waals surface area contributed by atoms with Crippen molar-refractivity contribution in [2.75, 3.05) is 6.61 Å². The van der Waals surface area contributed by atoms with E-state index in [1.807, 2.05) is 13.8 Å². The van der Waals surface area contributed by atoms with Crippen LogP contribution in [0.1, 0.15) is 97.8 Å². The van der Waals surface area contributed by atoms with E-state index in [2.05, 4.69) is 6.92 Å². The van der Waals surface area contributed by atoms with Gasteiger partial charge in [-0.1, -0.05) is 90.2 Å². The van der Waals surface area contributed by atoms with Gasteiger partial charge < -0.3 is 9.47 Å². The minimum atomic E-state index is -1.27. The second-order valence-electron chi connectivity index (χ2n) is 7.95. The number of hydrogen-bond donors (Lipinski definition) is 0. The van der Waals surface area contributed by atoms with Crippen LogP contribution >= 0.6 is 11.6 Å². The van der Waals surface area contributed by atoms with E-state index >= 15 is 0 Å². The molecule has 0 aliphatic carbocycles. The lowest BCUT2D eigenvalue weighted by Crippen LogP contribution is -2.42. The number of ether oxygens (including phenoxy) is 2. The van der Waals surface area contributed by atoms with Crippen LogP contribution in [-0.2, 0) is 14.3 Å². The summed E-state index contributed by atoms with van der Waals surface area (Å²) in [6.07, 6.45) is 12.9. The molecule has 0 aliphatic rings. The second-order valence-corrected chi connectivity index (χ2v) is 8.39. The highest BCUT2D eigenvalue weighted by Gasteiger charge is 2.46. The Kier molecular flexibility index (Phi) is 13.5. The zero-order valence-electron chi connectivity index (χ0n) is 19.0. The van der Waals surface area contributed by atoms with Crippen molar-refractivity contribution in [2.45, 2.75) is 97.8 Å². The van der Waals surface area contributed by atoms with Gasteiger partial charge in [-0.05, 0) is 43.5 Å². The third-order valence-corrected chi connectivity index (χ3v) is 6.00. The van der Waals surface area contributed by atoms with Crippen LogP contribution < -0.4 is 4.74 Å². The first-order valence-electron chi connectivity index (χ1n) is 11.6. The highest BCUT2D eigenvalue weighted by molar-refractivity contribution is 6.30. The smallest absolute Gasteiger partial charge is 0.328 e. The van der Waals surface area contributed by atoms with Crippen LogP contribution in [0.4, 0.5) is 0 Å². The van der Waals surface area contributed by atoms with Crippen molar-refractivity contribution in [3.63, 3.8) is 0 Å². The number of halogens is 1. The molecule has 30 heavy (non-hydrogen) atoms. The minimum absolute atomic E-state index is 0.340. The molecule has 0 heterocycles. The van der Waals surface area contributed by atoms with Crippen molar-refractivity contribution < 1.29 is 19.1 Å². The van der Waals surface area contributed by atoms with Crippen molar-refractivity contribution in [1.82, 2.24) is 0 Å². The molecule has 0 saturated carbocycles. The van der Waals surface area contributed by atoms with E-state index in [9.17, 15) is 9.59 Å². The molecular weight excluding hydrogens is 400 g/mol. The molecule has 0 bridgehead atoms. The van der Waals surface area contributed by atoms with E-state index in [4.69, 9.17) is 21.1 Å².